The summed E-state index contributed by atoms with van der Waals surface area (Å²) in [6.45, 7) is 0. The first-order chi connectivity index (χ1) is 10.3. The van der Waals surface area contributed by atoms with E-state index in [-0.39, 0.29) is 12.2 Å². The van der Waals surface area contributed by atoms with Gasteiger partial charge in [0, 0.05) is 5.69 Å². The zero-order valence-electron chi connectivity index (χ0n) is 11.8. The SMILES string of the molecule is CNC1N=C(N)N=CN1c1ccc(-c2ccccc2)cc1. The summed E-state index contributed by atoms with van der Waals surface area (Å²) in [7, 11) is 1.84. The first kappa shape index (κ1) is 13.3. The molecular formula is C16H17N5. The average Bonchev–Trinajstić information content (AvgIpc) is 2.56. The van der Waals surface area contributed by atoms with Crippen LogP contribution in [0, 0.1) is 0 Å². The van der Waals surface area contributed by atoms with Crippen molar-refractivity contribution in [3.05, 3.63) is 54.6 Å². The van der Waals surface area contributed by atoms with Crippen molar-refractivity contribution in [1.82, 2.24) is 5.32 Å². The zero-order valence-corrected chi connectivity index (χ0v) is 11.8. The van der Waals surface area contributed by atoms with Crippen LogP contribution in [0.25, 0.3) is 11.1 Å². The summed E-state index contributed by atoms with van der Waals surface area (Å²) in [6, 6.07) is 18.6. The molecule has 2 aromatic carbocycles. The van der Waals surface area contributed by atoms with Crippen molar-refractivity contribution in [3.8, 4) is 11.1 Å². The quantitative estimate of drug-likeness (QED) is 0.903. The van der Waals surface area contributed by atoms with Crippen molar-refractivity contribution in [2.75, 3.05) is 11.9 Å². The van der Waals surface area contributed by atoms with Crippen molar-refractivity contribution >= 4 is 18.0 Å². The number of nitrogens with zero attached hydrogens (tertiary/aromatic N) is 3. The Labute approximate surface area is 123 Å². The predicted octanol–water partition coefficient (Wildman–Crippen LogP) is 2.02. The number of guanidine groups is 1. The number of anilines is 1. The number of aliphatic imine (C=N–C) groups is 2. The summed E-state index contributed by atoms with van der Waals surface area (Å²) in [5, 5.41) is 3.10. The van der Waals surface area contributed by atoms with Crippen molar-refractivity contribution < 1.29 is 0 Å². The van der Waals surface area contributed by atoms with Crippen LogP contribution < -0.4 is 16.0 Å². The normalized spacial score (nSPS) is 17.7. The van der Waals surface area contributed by atoms with Crippen LogP contribution in [0.15, 0.2) is 64.6 Å². The van der Waals surface area contributed by atoms with E-state index in [1.807, 2.05) is 30.1 Å². The molecule has 106 valence electrons. The molecule has 0 bridgehead atoms. The Balaban J connectivity index is 1.86. The van der Waals surface area contributed by atoms with E-state index in [0.717, 1.165) is 5.69 Å². The van der Waals surface area contributed by atoms with E-state index in [0.29, 0.717) is 0 Å². The van der Waals surface area contributed by atoms with Crippen molar-refractivity contribution in [2.24, 2.45) is 15.7 Å². The van der Waals surface area contributed by atoms with E-state index in [1.54, 1.807) is 6.34 Å². The fraction of sp³-hybridized carbons (Fsp3) is 0.125. The Bertz CT molecular complexity index is 661. The van der Waals surface area contributed by atoms with Crippen molar-refractivity contribution in [1.29, 1.82) is 0 Å². The molecule has 21 heavy (non-hydrogen) atoms. The van der Waals surface area contributed by atoms with E-state index in [9.17, 15) is 0 Å². The van der Waals surface area contributed by atoms with Gasteiger partial charge in [-0.15, -0.1) is 0 Å². The minimum atomic E-state index is -0.231. The van der Waals surface area contributed by atoms with Gasteiger partial charge in [-0.25, -0.2) is 9.98 Å². The number of nitrogens with one attached hydrogen (secondary N) is 1. The molecule has 1 heterocycles. The standard InChI is InChI=1S/C16H17N5/c1-18-16-20-15(17)19-11-21(16)14-9-7-13(8-10-14)12-5-3-2-4-6-12/h2-11,16,18H,1H3,(H2,17,20). The summed E-state index contributed by atoms with van der Waals surface area (Å²) in [6.07, 6.45) is 1.46. The van der Waals surface area contributed by atoms with Gasteiger partial charge in [0.2, 0.25) is 5.96 Å². The third-order valence-electron chi connectivity index (χ3n) is 3.36. The van der Waals surface area contributed by atoms with E-state index in [4.69, 9.17) is 5.73 Å². The lowest BCUT2D eigenvalue weighted by Gasteiger charge is -2.28. The molecule has 1 aliphatic rings. The summed E-state index contributed by atoms with van der Waals surface area (Å²) in [5.74, 6) is 0.284. The first-order valence-electron chi connectivity index (χ1n) is 6.76. The molecule has 5 heteroatoms. The summed E-state index contributed by atoms with van der Waals surface area (Å²) < 4.78 is 0. The van der Waals surface area contributed by atoms with Gasteiger partial charge in [0.05, 0.1) is 0 Å². The molecule has 0 aromatic heterocycles. The number of nitrogens with two attached hydrogens (primary N) is 1. The van der Waals surface area contributed by atoms with E-state index >= 15 is 0 Å². The van der Waals surface area contributed by atoms with Gasteiger partial charge in [0.1, 0.15) is 6.34 Å². The highest BCUT2D eigenvalue weighted by Crippen LogP contribution is 2.24. The predicted molar refractivity (Wildman–Crippen MR) is 87.3 cm³/mol. The average molecular weight is 279 g/mol. The molecule has 0 saturated carbocycles. The third kappa shape index (κ3) is 2.78. The summed E-state index contributed by atoms with van der Waals surface area (Å²) in [5.41, 5.74) is 9.01. The highest BCUT2D eigenvalue weighted by molar-refractivity contribution is 5.94. The number of rotatable bonds is 3. The molecule has 5 nitrogen and oxygen atoms in total. The maximum Gasteiger partial charge on any atom is 0.220 e. The monoisotopic (exact) mass is 279 g/mol. The van der Waals surface area contributed by atoms with Crippen LogP contribution in [0.2, 0.25) is 0 Å². The lowest BCUT2D eigenvalue weighted by Crippen LogP contribution is -2.46. The lowest BCUT2D eigenvalue weighted by molar-refractivity contribution is 0.602. The van der Waals surface area contributed by atoms with Crippen molar-refractivity contribution in [2.45, 2.75) is 6.29 Å². The van der Waals surface area contributed by atoms with Crippen molar-refractivity contribution in [3.63, 3.8) is 0 Å². The Morgan fingerprint density at radius 1 is 1.00 bits per heavy atom. The maximum atomic E-state index is 5.63. The Morgan fingerprint density at radius 3 is 2.33 bits per heavy atom. The molecule has 2 aromatic rings. The second kappa shape index (κ2) is 5.76. The van der Waals surface area contributed by atoms with Gasteiger partial charge in [-0.3, -0.25) is 10.2 Å². The van der Waals surface area contributed by atoms with Crippen LogP contribution in [-0.2, 0) is 0 Å². The van der Waals surface area contributed by atoms with Crippen LogP contribution in [-0.4, -0.2) is 25.6 Å². The van der Waals surface area contributed by atoms with Gasteiger partial charge in [-0.05, 0) is 30.3 Å². The van der Waals surface area contributed by atoms with Crippen LogP contribution >= 0.6 is 0 Å². The van der Waals surface area contributed by atoms with Crippen LogP contribution in [0.3, 0.4) is 0 Å². The molecule has 3 rings (SSSR count). The lowest BCUT2D eigenvalue weighted by atomic mass is 10.1. The largest absolute Gasteiger partial charge is 0.368 e. The molecular weight excluding hydrogens is 262 g/mol. The molecule has 1 atom stereocenters. The zero-order chi connectivity index (χ0) is 14.7. The topological polar surface area (TPSA) is 66.0 Å². The second-order valence-corrected chi connectivity index (χ2v) is 4.71. The molecule has 0 fully saturated rings. The maximum absolute atomic E-state index is 5.63. The molecule has 1 unspecified atom stereocenters. The van der Waals surface area contributed by atoms with Gasteiger partial charge in [-0.1, -0.05) is 42.5 Å². The fourth-order valence-corrected chi connectivity index (χ4v) is 2.27. The Morgan fingerprint density at radius 2 is 1.67 bits per heavy atom. The van der Waals surface area contributed by atoms with Crippen LogP contribution in [0.1, 0.15) is 0 Å². The number of hydrogen-bond acceptors (Lipinski definition) is 5. The van der Waals surface area contributed by atoms with Gasteiger partial charge >= 0.3 is 0 Å². The fourth-order valence-electron chi connectivity index (χ4n) is 2.27. The molecule has 0 amide bonds. The minimum absolute atomic E-state index is 0.231. The number of hydrogen-bond donors (Lipinski definition) is 2. The van der Waals surface area contributed by atoms with Gasteiger partial charge in [0.15, 0.2) is 6.29 Å². The molecule has 1 aliphatic heterocycles. The van der Waals surface area contributed by atoms with E-state index < -0.39 is 0 Å². The Kier molecular flexibility index (Phi) is 3.66. The third-order valence-corrected chi connectivity index (χ3v) is 3.36. The second-order valence-electron chi connectivity index (χ2n) is 4.71. The van der Waals surface area contributed by atoms with Crippen LogP contribution in [0.4, 0.5) is 5.69 Å². The minimum Gasteiger partial charge on any atom is -0.368 e. The highest BCUT2D eigenvalue weighted by Gasteiger charge is 2.18. The highest BCUT2D eigenvalue weighted by atomic mass is 15.4. The molecule has 0 radical (unpaired) electrons. The summed E-state index contributed by atoms with van der Waals surface area (Å²) in [4.78, 5) is 10.2. The number of benzene rings is 2. The molecule has 0 spiro atoms. The van der Waals surface area contributed by atoms with Gasteiger partial charge in [0.25, 0.3) is 0 Å². The Hall–Kier alpha value is -2.66. The first-order valence-corrected chi connectivity index (χ1v) is 6.76. The van der Waals surface area contributed by atoms with E-state index in [2.05, 4.69) is 51.7 Å². The molecule has 3 N–H and O–H groups in total. The smallest absolute Gasteiger partial charge is 0.220 e. The summed E-state index contributed by atoms with van der Waals surface area (Å²) >= 11 is 0. The van der Waals surface area contributed by atoms with Gasteiger partial charge < -0.3 is 5.73 Å². The van der Waals surface area contributed by atoms with E-state index in [1.165, 1.54) is 11.1 Å². The molecule has 0 aliphatic carbocycles. The molecule has 0 saturated heterocycles. The van der Waals surface area contributed by atoms with Crippen LogP contribution in [0.5, 0.6) is 0 Å². The van der Waals surface area contributed by atoms with Gasteiger partial charge in [-0.2, -0.15) is 0 Å².